The van der Waals surface area contributed by atoms with Crippen molar-refractivity contribution >= 4 is 23.1 Å². The molecule has 1 saturated heterocycles. The van der Waals surface area contributed by atoms with E-state index in [4.69, 9.17) is 18.0 Å². The Kier molecular flexibility index (Phi) is 5.48. The van der Waals surface area contributed by atoms with Gasteiger partial charge in [0.05, 0.1) is 4.99 Å². The molecule has 3 N–H and O–H groups in total. The number of nitrogens with zero attached hydrogens (tertiary/aromatic N) is 1. The molecule has 0 atom stereocenters. The number of thiocarbonyl (C=S) groups is 1. The van der Waals surface area contributed by atoms with E-state index < -0.39 is 5.92 Å². The van der Waals surface area contributed by atoms with Crippen molar-refractivity contribution in [3.63, 3.8) is 0 Å². The monoisotopic (exact) mass is 319 g/mol. The summed E-state index contributed by atoms with van der Waals surface area (Å²) >= 11 is 4.88. The fraction of sp³-hybridized carbons (Fsp3) is 0.857. The van der Waals surface area contributed by atoms with Crippen LogP contribution in [0.5, 0.6) is 0 Å². The highest BCUT2D eigenvalue weighted by molar-refractivity contribution is 7.80. The lowest BCUT2D eigenvalue weighted by Crippen LogP contribution is -2.48. The number of rotatable bonds is 4. The molecule has 0 radical (unpaired) electrons. The molecule has 0 aromatic carbocycles. The Bertz CT molecular complexity index is 388. The highest BCUT2D eigenvalue weighted by Crippen LogP contribution is 2.36. The Labute approximate surface area is 129 Å². The van der Waals surface area contributed by atoms with Crippen LogP contribution in [0.1, 0.15) is 38.5 Å². The van der Waals surface area contributed by atoms with E-state index in [9.17, 15) is 13.6 Å². The predicted molar refractivity (Wildman–Crippen MR) is 81.3 cm³/mol. The second kappa shape index (κ2) is 6.96. The SMILES string of the molecule is NC(=S)CN1CCC(NC(=O)C2CCC(F)(F)CC2)CC1. The molecule has 1 heterocycles. The predicted octanol–water partition coefficient (Wildman–Crippen LogP) is 1.68. The van der Waals surface area contributed by atoms with Gasteiger partial charge < -0.3 is 11.1 Å². The van der Waals surface area contributed by atoms with Crippen LogP contribution in [0.25, 0.3) is 0 Å². The topological polar surface area (TPSA) is 58.4 Å². The first-order valence-corrected chi connectivity index (χ1v) is 7.95. The van der Waals surface area contributed by atoms with Gasteiger partial charge in [0.15, 0.2) is 0 Å². The first kappa shape index (κ1) is 16.5. The van der Waals surface area contributed by atoms with Gasteiger partial charge in [-0.1, -0.05) is 12.2 Å². The summed E-state index contributed by atoms with van der Waals surface area (Å²) in [6.45, 7) is 2.32. The number of likely N-dealkylation sites (tertiary alicyclic amines) is 1. The van der Waals surface area contributed by atoms with Crippen molar-refractivity contribution < 1.29 is 13.6 Å². The highest BCUT2D eigenvalue weighted by Gasteiger charge is 2.37. The summed E-state index contributed by atoms with van der Waals surface area (Å²) in [4.78, 5) is 14.8. The zero-order valence-corrected chi connectivity index (χ0v) is 12.9. The molecule has 2 rings (SSSR count). The van der Waals surface area contributed by atoms with Gasteiger partial charge in [-0.25, -0.2) is 8.78 Å². The van der Waals surface area contributed by atoms with E-state index in [0.717, 1.165) is 25.9 Å². The second-order valence-electron chi connectivity index (χ2n) is 6.16. The van der Waals surface area contributed by atoms with E-state index in [-0.39, 0.29) is 30.7 Å². The molecule has 1 amide bonds. The summed E-state index contributed by atoms with van der Waals surface area (Å²) in [5.74, 6) is -2.89. The molecule has 0 spiro atoms. The molecule has 21 heavy (non-hydrogen) atoms. The van der Waals surface area contributed by atoms with E-state index >= 15 is 0 Å². The van der Waals surface area contributed by atoms with Crippen LogP contribution in [0.15, 0.2) is 0 Å². The minimum atomic E-state index is -2.58. The molecule has 1 aliphatic heterocycles. The molecule has 1 saturated carbocycles. The molecule has 7 heteroatoms. The fourth-order valence-electron chi connectivity index (χ4n) is 3.08. The van der Waals surface area contributed by atoms with Crippen molar-refractivity contribution in [1.82, 2.24) is 10.2 Å². The molecule has 2 aliphatic rings. The quantitative estimate of drug-likeness (QED) is 0.774. The number of carbonyl (C=O) groups is 1. The number of amides is 1. The van der Waals surface area contributed by atoms with Crippen LogP contribution in [-0.4, -0.2) is 47.4 Å². The molecule has 0 bridgehead atoms. The maximum Gasteiger partial charge on any atom is 0.248 e. The normalized spacial score (nSPS) is 24.7. The lowest BCUT2D eigenvalue weighted by molar-refractivity contribution is -0.130. The third kappa shape index (κ3) is 5.14. The van der Waals surface area contributed by atoms with Crippen molar-refractivity contribution in [1.29, 1.82) is 0 Å². The van der Waals surface area contributed by atoms with Crippen molar-refractivity contribution in [3.05, 3.63) is 0 Å². The second-order valence-corrected chi connectivity index (χ2v) is 6.68. The van der Waals surface area contributed by atoms with Gasteiger partial charge in [0, 0.05) is 44.4 Å². The Morgan fingerprint density at radius 1 is 1.24 bits per heavy atom. The number of nitrogens with two attached hydrogens (primary N) is 1. The number of nitrogens with one attached hydrogen (secondary N) is 1. The van der Waals surface area contributed by atoms with Gasteiger partial charge in [-0.3, -0.25) is 9.69 Å². The Morgan fingerprint density at radius 3 is 2.33 bits per heavy atom. The first-order chi connectivity index (χ1) is 9.85. The van der Waals surface area contributed by atoms with Crippen molar-refractivity contribution in [2.24, 2.45) is 11.7 Å². The zero-order chi connectivity index (χ0) is 15.5. The molecule has 1 aliphatic carbocycles. The summed E-state index contributed by atoms with van der Waals surface area (Å²) in [7, 11) is 0. The average Bonchev–Trinajstić information content (AvgIpc) is 2.40. The summed E-state index contributed by atoms with van der Waals surface area (Å²) in [5, 5.41) is 3.02. The molecule has 4 nitrogen and oxygen atoms in total. The van der Waals surface area contributed by atoms with Crippen LogP contribution in [0.3, 0.4) is 0 Å². The van der Waals surface area contributed by atoms with Gasteiger partial charge in [0.1, 0.15) is 0 Å². The number of halogens is 2. The van der Waals surface area contributed by atoms with Crippen molar-refractivity contribution in [2.45, 2.75) is 50.5 Å². The number of piperidine rings is 1. The van der Waals surface area contributed by atoms with Crippen molar-refractivity contribution in [2.75, 3.05) is 19.6 Å². The van der Waals surface area contributed by atoms with Crippen LogP contribution in [-0.2, 0) is 4.79 Å². The lowest BCUT2D eigenvalue weighted by atomic mass is 9.86. The molecular weight excluding hydrogens is 296 g/mol. The van der Waals surface area contributed by atoms with Crippen LogP contribution >= 0.6 is 12.2 Å². The van der Waals surface area contributed by atoms with Gasteiger partial charge in [0.2, 0.25) is 11.8 Å². The molecule has 120 valence electrons. The Balaban J connectivity index is 1.71. The molecule has 0 aromatic rings. The summed E-state index contributed by atoms with van der Waals surface area (Å²) in [5.41, 5.74) is 5.52. The summed E-state index contributed by atoms with van der Waals surface area (Å²) in [6, 6.07) is 0.141. The minimum Gasteiger partial charge on any atom is -0.392 e. The molecule has 0 unspecified atom stereocenters. The van der Waals surface area contributed by atoms with E-state index in [0.29, 0.717) is 24.4 Å². The summed E-state index contributed by atoms with van der Waals surface area (Å²) < 4.78 is 26.2. The molecule has 2 fully saturated rings. The van der Waals surface area contributed by atoms with E-state index in [1.54, 1.807) is 0 Å². The number of hydrogen-bond acceptors (Lipinski definition) is 3. The van der Waals surface area contributed by atoms with Crippen LogP contribution in [0.2, 0.25) is 0 Å². The van der Waals surface area contributed by atoms with E-state index in [1.165, 1.54) is 0 Å². The van der Waals surface area contributed by atoms with Gasteiger partial charge in [-0.2, -0.15) is 0 Å². The maximum absolute atomic E-state index is 13.1. The highest BCUT2D eigenvalue weighted by atomic mass is 32.1. The zero-order valence-electron chi connectivity index (χ0n) is 12.1. The van der Waals surface area contributed by atoms with E-state index in [2.05, 4.69) is 10.2 Å². The number of alkyl halides is 2. The maximum atomic E-state index is 13.1. The Morgan fingerprint density at radius 2 is 1.81 bits per heavy atom. The fourth-order valence-corrected chi connectivity index (χ4v) is 3.26. The van der Waals surface area contributed by atoms with Crippen LogP contribution in [0.4, 0.5) is 8.78 Å². The van der Waals surface area contributed by atoms with Gasteiger partial charge >= 0.3 is 0 Å². The lowest BCUT2D eigenvalue weighted by Gasteiger charge is -2.33. The first-order valence-electron chi connectivity index (χ1n) is 7.54. The van der Waals surface area contributed by atoms with Crippen LogP contribution in [0, 0.1) is 5.92 Å². The standard InChI is InChI=1S/C14H23F2N3OS/c15-14(16)5-1-10(2-6-14)13(20)18-11-3-7-19(8-4-11)9-12(17)21/h10-11H,1-9H2,(H2,17,21)(H,18,20). The molecule has 0 aromatic heterocycles. The van der Waals surface area contributed by atoms with Crippen LogP contribution < -0.4 is 11.1 Å². The number of hydrogen-bond donors (Lipinski definition) is 2. The van der Waals surface area contributed by atoms with Crippen molar-refractivity contribution in [3.8, 4) is 0 Å². The number of carbonyl (C=O) groups excluding carboxylic acids is 1. The smallest absolute Gasteiger partial charge is 0.248 e. The van der Waals surface area contributed by atoms with Gasteiger partial charge in [-0.05, 0) is 25.7 Å². The third-order valence-corrected chi connectivity index (χ3v) is 4.53. The average molecular weight is 319 g/mol. The van der Waals surface area contributed by atoms with Gasteiger partial charge in [0.25, 0.3) is 0 Å². The molecular formula is C14H23F2N3OS. The summed E-state index contributed by atoms with van der Waals surface area (Å²) in [6.07, 6.45) is 1.96. The van der Waals surface area contributed by atoms with E-state index in [1.807, 2.05) is 0 Å². The third-order valence-electron chi connectivity index (χ3n) is 4.40. The largest absolute Gasteiger partial charge is 0.392 e. The van der Waals surface area contributed by atoms with Gasteiger partial charge in [-0.15, -0.1) is 0 Å². The minimum absolute atomic E-state index is 0.0571. The Hall–Kier alpha value is -0.820.